The summed E-state index contributed by atoms with van der Waals surface area (Å²) in [7, 11) is 0. The fourth-order valence-electron chi connectivity index (χ4n) is 4.45. The molecule has 1 aliphatic heterocycles. The van der Waals surface area contributed by atoms with Crippen molar-refractivity contribution in [3.8, 4) is 0 Å². The molecule has 1 aromatic carbocycles. The first kappa shape index (κ1) is 20.5. The van der Waals surface area contributed by atoms with Gasteiger partial charge < -0.3 is 15.5 Å². The fourth-order valence-corrected chi connectivity index (χ4v) is 4.45. The lowest BCUT2D eigenvalue weighted by molar-refractivity contribution is -0.121. The minimum Gasteiger partial charge on any atom is -0.326 e. The second-order valence-electron chi connectivity index (χ2n) is 8.43. The highest BCUT2D eigenvalue weighted by molar-refractivity contribution is 5.92. The molecule has 2 heterocycles. The lowest BCUT2D eigenvalue weighted by Crippen LogP contribution is -2.41. The summed E-state index contributed by atoms with van der Waals surface area (Å²) >= 11 is 0. The summed E-state index contributed by atoms with van der Waals surface area (Å²) < 4.78 is 0. The molecule has 1 aromatic heterocycles. The predicted molar refractivity (Wildman–Crippen MR) is 118 cm³/mol. The maximum Gasteiger partial charge on any atom is 0.229 e. The van der Waals surface area contributed by atoms with E-state index in [2.05, 4.69) is 32.7 Å². The largest absolute Gasteiger partial charge is 0.326 e. The van der Waals surface area contributed by atoms with Crippen LogP contribution in [0.2, 0.25) is 0 Å². The summed E-state index contributed by atoms with van der Waals surface area (Å²) in [6, 6.07) is 11.9. The topological polar surface area (TPSA) is 74.3 Å². The van der Waals surface area contributed by atoms with Crippen molar-refractivity contribution in [2.75, 3.05) is 30.3 Å². The van der Waals surface area contributed by atoms with Crippen molar-refractivity contribution in [3.63, 3.8) is 0 Å². The molecular weight excluding hydrogens is 376 g/mol. The Morgan fingerprint density at radius 2 is 1.97 bits per heavy atom. The van der Waals surface area contributed by atoms with E-state index in [0.29, 0.717) is 25.3 Å². The zero-order valence-electron chi connectivity index (χ0n) is 17.6. The van der Waals surface area contributed by atoms with E-state index in [1.165, 1.54) is 17.5 Å². The van der Waals surface area contributed by atoms with E-state index >= 15 is 0 Å². The molecule has 1 unspecified atom stereocenters. The molecule has 2 amide bonds. The van der Waals surface area contributed by atoms with Crippen LogP contribution in [0, 0.1) is 12.8 Å². The van der Waals surface area contributed by atoms with Gasteiger partial charge in [0.05, 0.1) is 5.92 Å². The zero-order chi connectivity index (χ0) is 20.9. The maximum atomic E-state index is 12.6. The molecule has 6 heteroatoms. The zero-order valence-corrected chi connectivity index (χ0v) is 17.6. The van der Waals surface area contributed by atoms with E-state index in [9.17, 15) is 9.59 Å². The Morgan fingerprint density at radius 1 is 1.10 bits per heavy atom. The van der Waals surface area contributed by atoms with Gasteiger partial charge in [0, 0.05) is 30.9 Å². The van der Waals surface area contributed by atoms with Gasteiger partial charge in [-0.1, -0.05) is 12.1 Å². The van der Waals surface area contributed by atoms with Crippen molar-refractivity contribution in [1.29, 1.82) is 0 Å². The SMILES string of the molecule is Cc1cccc(NC(=O)C2CCCN(CCC(=O)Nc3ccc4c(c3)CCC4)C2)n1. The monoisotopic (exact) mass is 406 g/mol. The molecule has 0 spiro atoms. The Morgan fingerprint density at radius 3 is 2.83 bits per heavy atom. The number of carbonyl (C=O) groups excluding carboxylic acids is 2. The number of anilines is 2. The average Bonchev–Trinajstić information content (AvgIpc) is 3.20. The van der Waals surface area contributed by atoms with Crippen molar-refractivity contribution in [3.05, 3.63) is 53.2 Å². The number of pyridine rings is 1. The van der Waals surface area contributed by atoms with E-state index in [1.807, 2.05) is 31.2 Å². The van der Waals surface area contributed by atoms with Crippen LogP contribution in [0.4, 0.5) is 11.5 Å². The van der Waals surface area contributed by atoms with Crippen molar-refractivity contribution < 1.29 is 9.59 Å². The molecule has 158 valence electrons. The molecule has 6 nitrogen and oxygen atoms in total. The summed E-state index contributed by atoms with van der Waals surface area (Å²) in [6.07, 6.45) is 5.73. The van der Waals surface area contributed by atoms with Gasteiger partial charge in [-0.05, 0) is 81.0 Å². The number of hydrogen-bond donors (Lipinski definition) is 2. The Labute approximate surface area is 178 Å². The maximum absolute atomic E-state index is 12.6. The van der Waals surface area contributed by atoms with Crippen molar-refractivity contribution in [2.45, 2.75) is 45.4 Å². The molecule has 0 saturated carbocycles. The standard InChI is InChI=1S/C24H30N4O2/c1-17-5-2-9-22(25-17)27-24(30)20-8-4-13-28(16-20)14-12-23(29)26-21-11-10-18-6-3-7-19(18)15-21/h2,5,9-11,15,20H,3-4,6-8,12-14,16H2,1H3,(H,26,29)(H,25,27,30). The summed E-state index contributed by atoms with van der Waals surface area (Å²) in [6.45, 7) is 4.19. The lowest BCUT2D eigenvalue weighted by Gasteiger charge is -2.31. The van der Waals surface area contributed by atoms with Crippen LogP contribution in [0.3, 0.4) is 0 Å². The van der Waals surface area contributed by atoms with Gasteiger partial charge in [0.25, 0.3) is 0 Å². The summed E-state index contributed by atoms with van der Waals surface area (Å²) in [5.41, 5.74) is 4.54. The lowest BCUT2D eigenvalue weighted by atomic mass is 9.97. The van der Waals surface area contributed by atoms with Crippen LogP contribution in [-0.2, 0) is 22.4 Å². The number of nitrogens with zero attached hydrogens (tertiary/aromatic N) is 2. The van der Waals surface area contributed by atoms with Crippen LogP contribution in [0.15, 0.2) is 36.4 Å². The number of piperidine rings is 1. The minimum atomic E-state index is -0.0687. The number of hydrogen-bond acceptors (Lipinski definition) is 4. The Bertz CT molecular complexity index is 927. The van der Waals surface area contributed by atoms with E-state index in [0.717, 1.165) is 43.6 Å². The first-order valence-electron chi connectivity index (χ1n) is 11.0. The van der Waals surface area contributed by atoms with Crippen LogP contribution in [-0.4, -0.2) is 41.3 Å². The molecule has 0 radical (unpaired) electrons. The molecule has 4 rings (SSSR count). The van der Waals surface area contributed by atoms with E-state index in [1.54, 1.807) is 0 Å². The summed E-state index contributed by atoms with van der Waals surface area (Å²) in [4.78, 5) is 31.6. The smallest absolute Gasteiger partial charge is 0.229 e. The average molecular weight is 407 g/mol. The third-order valence-corrected chi connectivity index (χ3v) is 6.05. The first-order valence-corrected chi connectivity index (χ1v) is 11.0. The van der Waals surface area contributed by atoms with Gasteiger partial charge in [0.15, 0.2) is 0 Å². The van der Waals surface area contributed by atoms with Crippen LogP contribution in [0.1, 0.15) is 42.5 Å². The van der Waals surface area contributed by atoms with Gasteiger partial charge >= 0.3 is 0 Å². The number of fused-ring (bicyclic) bond motifs is 1. The molecule has 1 saturated heterocycles. The first-order chi connectivity index (χ1) is 14.6. The predicted octanol–water partition coefficient (Wildman–Crippen LogP) is 3.56. The molecule has 2 aliphatic rings. The quantitative estimate of drug-likeness (QED) is 0.769. The summed E-state index contributed by atoms with van der Waals surface area (Å²) in [5.74, 6) is 0.579. The number of amides is 2. The van der Waals surface area contributed by atoms with Gasteiger partial charge in [-0.25, -0.2) is 4.98 Å². The second-order valence-corrected chi connectivity index (χ2v) is 8.43. The van der Waals surface area contributed by atoms with Gasteiger partial charge in [-0.2, -0.15) is 0 Å². The van der Waals surface area contributed by atoms with Crippen molar-refractivity contribution in [2.24, 2.45) is 5.92 Å². The Kier molecular flexibility index (Phi) is 6.43. The second kappa shape index (κ2) is 9.39. The van der Waals surface area contributed by atoms with Crippen LogP contribution in [0.5, 0.6) is 0 Å². The Balaban J connectivity index is 1.24. The molecule has 1 aliphatic carbocycles. The van der Waals surface area contributed by atoms with E-state index in [-0.39, 0.29) is 17.7 Å². The number of likely N-dealkylation sites (tertiary alicyclic amines) is 1. The number of rotatable bonds is 6. The van der Waals surface area contributed by atoms with Crippen LogP contribution < -0.4 is 10.6 Å². The normalized spacial score (nSPS) is 18.6. The van der Waals surface area contributed by atoms with Gasteiger partial charge in [-0.15, -0.1) is 0 Å². The number of aromatic nitrogens is 1. The van der Waals surface area contributed by atoms with E-state index in [4.69, 9.17) is 0 Å². The number of carbonyl (C=O) groups is 2. The minimum absolute atomic E-state index is 0.0143. The third kappa shape index (κ3) is 5.25. The fraction of sp³-hybridized carbons (Fsp3) is 0.458. The molecule has 2 N–H and O–H groups in total. The highest BCUT2D eigenvalue weighted by atomic mass is 16.2. The summed E-state index contributed by atoms with van der Waals surface area (Å²) in [5, 5.41) is 5.96. The number of aryl methyl sites for hydroxylation is 3. The van der Waals surface area contributed by atoms with Gasteiger partial charge in [-0.3, -0.25) is 9.59 Å². The molecule has 1 fully saturated rings. The highest BCUT2D eigenvalue weighted by Gasteiger charge is 2.26. The van der Waals surface area contributed by atoms with Crippen molar-refractivity contribution in [1.82, 2.24) is 9.88 Å². The molecule has 2 aromatic rings. The van der Waals surface area contributed by atoms with E-state index < -0.39 is 0 Å². The third-order valence-electron chi connectivity index (χ3n) is 6.05. The number of nitrogens with one attached hydrogen (secondary N) is 2. The van der Waals surface area contributed by atoms with Gasteiger partial charge in [0.1, 0.15) is 5.82 Å². The molecular formula is C24H30N4O2. The van der Waals surface area contributed by atoms with Gasteiger partial charge in [0.2, 0.25) is 11.8 Å². The van der Waals surface area contributed by atoms with Crippen LogP contribution in [0.25, 0.3) is 0 Å². The molecule has 1 atom stereocenters. The highest BCUT2D eigenvalue weighted by Crippen LogP contribution is 2.25. The Hall–Kier alpha value is -2.73. The molecule has 0 bridgehead atoms. The van der Waals surface area contributed by atoms with Crippen LogP contribution >= 0.6 is 0 Å². The van der Waals surface area contributed by atoms with Crippen molar-refractivity contribution >= 4 is 23.3 Å². The number of benzene rings is 1. The molecule has 30 heavy (non-hydrogen) atoms.